The molecular weight excluding hydrogens is 684 g/mol. The molecule has 0 fully saturated rings. The molecule has 0 saturated heterocycles. The van der Waals surface area contributed by atoms with Crippen molar-refractivity contribution in [3.8, 4) is 22.6 Å². The van der Waals surface area contributed by atoms with E-state index < -0.39 is 11.4 Å². The highest BCUT2D eigenvalue weighted by atomic mass is 79.9. The maximum absolute atomic E-state index is 13.2. The van der Waals surface area contributed by atoms with Crippen LogP contribution in [0, 0.1) is 0 Å². The molecule has 218 valence electrons. The number of ether oxygens (including phenoxy) is 2. The summed E-state index contributed by atoms with van der Waals surface area (Å²) in [5.74, 6) is -0.390. The van der Waals surface area contributed by atoms with Crippen LogP contribution in [0.3, 0.4) is 0 Å². The Hall–Kier alpha value is -4.33. The Balaban J connectivity index is 1.69. The maximum Gasteiger partial charge on any atom is 0.343 e. The van der Waals surface area contributed by atoms with E-state index in [1.165, 1.54) is 21.0 Å². The number of rotatable bonds is 7. The molecule has 6 rings (SSSR count). The Kier molecular flexibility index (Phi) is 7.86. The van der Waals surface area contributed by atoms with Crippen molar-refractivity contribution in [2.75, 3.05) is 7.11 Å². The van der Waals surface area contributed by atoms with Crippen LogP contribution in [0.2, 0.25) is 0 Å². The third kappa shape index (κ3) is 4.71. The van der Waals surface area contributed by atoms with Crippen LogP contribution in [-0.4, -0.2) is 24.6 Å². The second kappa shape index (κ2) is 11.6. The first kappa shape index (κ1) is 29.7. The van der Waals surface area contributed by atoms with Gasteiger partial charge in [-0.05, 0) is 115 Å². The Morgan fingerprint density at radius 2 is 1.07 bits per heavy atom. The number of hydrogen-bond donors (Lipinski definition) is 0. The Bertz CT molecular complexity index is 1930. The molecule has 0 unspecified atom stereocenters. The number of hydrogen-bond acceptors (Lipinski definition) is 5. The molecule has 0 amide bonds. The molecule has 0 saturated carbocycles. The molecule has 1 aliphatic carbocycles. The number of methoxy groups -OCH3 is 1. The second-order valence-electron chi connectivity index (χ2n) is 10.6. The normalized spacial score (nSPS) is 12.7. The molecule has 5 aromatic carbocycles. The lowest BCUT2D eigenvalue weighted by molar-refractivity contribution is 0.0731. The van der Waals surface area contributed by atoms with Gasteiger partial charge in [0.2, 0.25) is 0 Å². The highest BCUT2D eigenvalue weighted by Crippen LogP contribution is 2.57. The van der Waals surface area contributed by atoms with Crippen molar-refractivity contribution in [3.63, 3.8) is 0 Å². The molecule has 0 aliphatic heterocycles. The van der Waals surface area contributed by atoms with E-state index in [0.717, 1.165) is 33.4 Å². The fourth-order valence-corrected chi connectivity index (χ4v) is 7.37. The zero-order valence-corrected chi connectivity index (χ0v) is 27.3. The molecule has 0 aromatic heterocycles. The van der Waals surface area contributed by atoms with Crippen molar-refractivity contribution in [1.82, 2.24) is 0 Å². The van der Waals surface area contributed by atoms with Crippen LogP contribution < -0.4 is 9.47 Å². The molecule has 44 heavy (non-hydrogen) atoms. The molecule has 7 heteroatoms. The molecule has 0 spiro atoms. The molecule has 0 atom stereocenters. The first-order valence-electron chi connectivity index (χ1n) is 13.9. The zero-order chi connectivity index (χ0) is 31.2. The van der Waals surface area contributed by atoms with Gasteiger partial charge in [-0.1, -0.05) is 66.7 Å². The largest absolute Gasteiger partial charge is 0.495 e. The van der Waals surface area contributed by atoms with E-state index in [4.69, 9.17) is 9.47 Å². The van der Waals surface area contributed by atoms with Crippen molar-refractivity contribution in [1.29, 1.82) is 0 Å². The standard InChI is InChI=1S/C37H26Br2O5/c1-21(40)28-17-24(19-32(38)34(28)43-3)37(30-15-9-7-13-26(30)27-14-8-10-16-31(27)37)25-18-29(22(2)41)35(33(39)20-25)44-36(42)23-11-5-4-6-12-23/h4-20H,1-3H3. The second-order valence-corrected chi connectivity index (χ2v) is 12.3. The van der Waals surface area contributed by atoms with E-state index in [1.807, 2.05) is 48.5 Å². The number of esters is 1. The lowest BCUT2D eigenvalue weighted by Gasteiger charge is -2.35. The first-order chi connectivity index (χ1) is 21.2. The fraction of sp³-hybridized carbons (Fsp3) is 0.108. The number of carbonyl (C=O) groups excluding carboxylic acids is 3. The van der Waals surface area contributed by atoms with E-state index in [1.54, 1.807) is 30.3 Å². The molecule has 0 N–H and O–H groups in total. The Morgan fingerprint density at radius 1 is 0.614 bits per heavy atom. The number of fused-ring (bicyclic) bond motifs is 3. The smallest absolute Gasteiger partial charge is 0.343 e. The van der Waals surface area contributed by atoms with Gasteiger partial charge in [-0.3, -0.25) is 9.59 Å². The maximum atomic E-state index is 13.2. The SMILES string of the molecule is COc1c(Br)cc(C2(c3cc(Br)c(OC(=O)c4ccccc4)c(C(C)=O)c3)c3ccccc3-c3ccccc32)cc1C(C)=O. The zero-order valence-electron chi connectivity index (χ0n) is 24.1. The highest BCUT2D eigenvalue weighted by Gasteiger charge is 2.47. The van der Waals surface area contributed by atoms with Crippen molar-refractivity contribution in [3.05, 3.63) is 151 Å². The number of ketones is 2. The quantitative estimate of drug-likeness (QED) is 0.0939. The monoisotopic (exact) mass is 708 g/mol. The highest BCUT2D eigenvalue weighted by molar-refractivity contribution is 9.11. The number of Topliss-reactive ketones (excluding diaryl/α,β-unsaturated/α-hetero) is 2. The van der Waals surface area contributed by atoms with Crippen molar-refractivity contribution < 1.29 is 23.9 Å². The van der Waals surface area contributed by atoms with Crippen molar-refractivity contribution in [2.45, 2.75) is 19.3 Å². The summed E-state index contributed by atoms with van der Waals surface area (Å²) >= 11 is 7.32. The number of benzene rings is 5. The first-order valence-corrected chi connectivity index (χ1v) is 15.5. The molecule has 0 radical (unpaired) electrons. The summed E-state index contributed by atoms with van der Waals surface area (Å²) in [6.07, 6.45) is 0. The molecule has 0 heterocycles. The van der Waals surface area contributed by atoms with Crippen LogP contribution in [-0.2, 0) is 5.41 Å². The summed E-state index contributed by atoms with van der Waals surface area (Å²) in [6.45, 7) is 2.96. The third-order valence-corrected chi connectivity index (χ3v) is 9.25. The van der Waals surface area contributed by atoms with Crippen LogP contribution in [0.25, 0.3) is 11.1 Å². The molecule has 0 bridgehead atoms. The average Bonchev–Trinajstić information content (AvgIpc) is 3.33. The summed E-state index contributed by atoms with van der Waals surface area (Å²) in [5, 5.41) is 0. The predicted molar refractivity (Wildman–Crippen MR) is 177 cm³/mol. The molecule has 5 nitrogen and oxygen atoms in total. The van der Waals surface area contributed by atoms with Crippen molar-refractivity contribution in [2.24, 2.45) is 0 Å². The minimum Gasteiger partial charge on any atom is -0.495 e. The van der Waals surface area contributed by atoms with Gasteiger partial charge in [-0.15, -0.1) is 0 Å². The van der Waals surface area contributed by atoms with Crippen LogP contribution >= 0.6 is 31.9 Å². The lowest BCUT2D eigenvalue weighted by Crippen LogP contribution is -2.29. The van der Waals surface area contributed by atoms with Gasteiger partial charge in [0, 0.05) is 0 Å². The summed E-state index contributed by atoms with van der Waals surface area (Å²) < 4.78 is 12.5. The van der Waals surface area contributed by atoms with Gasteiger partial charge in [0.1, 0.15) is 5.75 Å². The average molecular weight is 710 g/mol. The van der Waals surface area contributed by atoms with Gasteiger partial charge in [0.05, 0.1) is 38.2 Å². The molecule has 1 aliphatic rings. The minimum atomic E-state index is -0.944. The van der Waals surface area contributed by atoms with Gasteiger partial charge < -0.3 is 9.47 Å². The third-order valence-electron chi connectivity index (χ3n) is 8.07. The van der Waals surface area contributed by atoms with E-state index >= 15 is 0 Å². The molecular formula is C37H26Br2O5. The van der Waals surface area contributed by atoms with Gasteiger partial charge in [-0.25, -0.2) is 4.79 Å². The van der Waals surface area contributed by atoms with Gasteiger partial charge in [-0.2, -0.15) is 0 Å². The van der Waals surface area contributed by atoms with E-state index in [9.17, 15) is 14.4 Å². The van der Waals surface area contributed by atoms with Crippen LogP contribution in [0.15, 0.2) is 112 Å². The molecule has 5 aromatic rings. The van der Waals surface area contributed by atoms with Crippen LogP contribution in [0.4, 0.5) is 0 Å². The van der Waals surface area contributed by atoms with Gasteiger partial charge in [0.25, 0.3) is 0 Å². The minimum absolute atomic E-state index is 0.144. The topological polar surface area (TPSA) is 69.7 Å². The summed E-state index contributed by atoms with van der Waals surface area (Å²) in [4.78, 5) is 39.3. The Labute approximate surface area is 272 Å². The Morgan fingerprint density at radius 3 is 1.57 bits per heavy atom. The van der Waals surface area contributed by atoms with E-state index in [0.29, 0.717) is 25.8 Å². The predicted octanol–water partition coefficient (Wildman–Crippen LogP) is 9.21. The van der Waals surface area contributed by atoms with Gasteiger partial charge in [0.15, 0.2) is 17.3 Å². The van der Waals surface area contributed by atoms with Crippen LogP contribution in [0.5, 0.6) is 11.5 Å². The van der Waals surface area contributed by atoms with E-state index in [-0.39, 0.29) is 22.9 Å². The van der Waals surface area contributed by atoms with Crippen molar-refractivity contribution >= 4 is 49.4 Å². The number of halogens is 2. The summed E-state index contributed by atoms with van der Waals surface area (Å²) in [5.41, 5.74) is 5.73. The lowest BCUT2D eigenvalue weighted by atomic mass is 9.67. The fourth-order valence-electron chi connectivity index (χ4n) is 6.20. The summed E-state index contributed by atoms with van der Waals surface area (Å²) in [6, 6.07) is 32.4. The summed E-state index contributed by atoms with van der Waals surface area (Å²) in [7, 11) is 1.54. The van der Waals surface area contributed by atoms with Crippen LogP contribution in [0.1, 0.15) is 67.2 Å². The van der Waals surface area contributed by atoms with Gasteiger partial charge >= 0.3 is 5.97 Å². The number of carbonyl (C=O) groups is 3. The van der Waals surface area contributed by atoms with E-state index in [2.05, 4.69) is 56.1 Å².